The quantitative estimate of drug-likeness (QED) is 0.709. The minimum Gasteiger partial charge on any atom is -0.497 e. The molecule has 0 saturated carbocycles. The second kappa shape index (κ2) is 7.90. The predicted molar refractivity (Wildman–Crippen MR) is 113 cm³/mol. The van der Waals surface area contributed by atoms with E-state index < -0.39 is 0 Å². The fourth-order valence-corrected chi connectivity index (χ4v) is 3.57. The zero-order valence-corrected chi connectivity index (χ0v) is 16.8. The smallest absolute Gasteiger partial charge is 0.260 e. The highest BCUT2D eigenvalue weighted by Crippen LogP contribution is 2.30. The molecule has 0 unspecified atom stereocenters. The minimum atomic E-state index is -0.191. The van der Waals surface area contributed by atoms with Gasteiger partial charge in [0.2, 0.25) is 5.95 Å². The second-order valence-electron chi connectivity index (χ2n) is 6.79. The first-order chi connectivity index (χ1) is 14.1. The zero-order valence-electron chi connectivity index (χ0n) is 16.8. The van der Waals surface area contributed by atoms with Crippen molar-refractivity contribution < 1.29 is 14.2 Å². The highest BCUT2D eigenvalue weighted by Gasteiger charge is 2.20. The Hall–Kier alpha value is -3.42. The van der Waals surface area contributed by atoms with E-state index in [-0.39, 0.29) is 5.56 Å². The lowest BCUT2D eigenvalue weighted by Gasteiger charge is -2.36. The Morgan fingerprint density at radius 3 is 2.10 bits per heavy atom. The van der Waals surface area contributed by atoms with Crippen LogP contribution < -0.4 is 29.6 Å². The molecule has 8 nitrogen and oxygen atoms in total. The van der Waals surface area contributed by atoms with Crippen LogP contribution in [-0.2, 0) is 0 Å². The summed E-state index contributed by atoms with van der Waals surface area (Å²) in [5.41, 5.74) is 1.55. The van der Waals surface area contributed by atoms with Crippen molar-refractivity contribution in [3.8, 4) is 17.2 Å². The van der Waals surface area contributed by atoms with Crippen LogP contribution in [0.2, 0.25) is 0 Å². The van der Waals surface area contributed by atoms with Crippen molar-refractivity contribution in [3.05, 3.63) is 46.8 Å². The Morgan fingerprint density at radius 2 is 1.48 bits per heavy atom. The van der Waals surface area contributed by atoms with Crippen LogP contribution in [0.3, 0.4) is 0 Å². The van der Waals surface area contributed by atoms with E-state index in [2.05, 4.69) is 31.9 Å². The van der Waals surface area contributed by atoms with E-state index in [1.165, 1.54) is 0 Å². The molecule has 2 heterocycles. The molecule has 1 fully saturated rings. The molecule has 1 aliphatic heterocycles. The Kier molecular flexibility index (Phi) is 5.16. The van der Waals surface area contributed by atoms with Gasteiger partial charge in [-0.05, 0) is 30.3 Å². The lowest BCUT2D eigenvalue weighted by Crippen LogP contribution is -2.47. The van der Waals surface area contributed by atoms with Gasteiger partial charge in [0.15, 0.2) is 11.5 Å². The first-order valence-electron chi connectivity index (χ1n) is 9.43. The van der Waals surface area contributed by atoms with E-state index in [4.69, 9.17) is 14.2 Å². The number of rotatable bonds is 5. The number of methoxy groups -OCH3 is 3. The van der Waals surface area contributed by atoms with Gasteiger partial charge in [-0.3, -0.25) is 9.78 Å². The molecule has 29 heavy (non-hydrogen) atoms. The number of ether oxygens (including phenoxy) is 3. The van der Waals surface area contributed by atoms with Crippen LogP contribution in [0.4, 0.5) is 11.6 Å². The molecule has 152 valence electrons. The van der Waals surface area contributed by atoms with Gasteiger partial charge < -0.3 is 24.0 Å². The third-order valence-corrected chi connectivity index (χ3v) is 5.21. The van der Waals surface area contributed by atoms with Crippen molar-refractivity contribution in [2.75, 3.05) is 57.3 Å². The van der Waals surface area contributed by atoms with E-state index in [1.807, 2.05) is 12.1 Å². The summed E-state index contributed by atoms with van der Waals surface area (Å²) in [7, 11) is 4.77. The van der Waals surface area contributed by atoms with Crippen LogP contribution >= 0.6 is 0 Å². The van der Waals surface area contributed by atoms with Crippen LogP contribution in [0, 0.1) is 0 Å². The standard InChI is InChI=1S/C21H24N4O4/c1-27-15-6-4-14(5-7-15)24-8-10-25(11-9-24)21-22-17-13-19(29-3)18(28-2)12-16(17)20(26)23-21/h4-7,12-13H,8-11H2,1-3H3,(H,22,23,26). The number of nitrogens with one attached hydrogen (secondary N) is 1. The van der Waals surface area contributed by atoms with E-state index in [9.17, 15) is 4.79 Å². The first kappa shape index (κ1) is 18.9. The van der Waals surface area contributed by atoms with Gasteiger partial charge in [0, 0.05) is 37.9 Å². The van der Waals surface area contributed by atoms with Crippen LogP contribution in [-0.4, -0.2) is 57.5 Å². The molecular weight excluding hydrogens is 372 g/mol. The molecule has 1 aromatic heterocycles. The second-order valence-corrected chi connectivity index (χ2v) is 6.79. The molecule has 2 aromatic carbocycles. The summed E-state index contributed by atoms with van der Waals surface area (Å²) in [6, 6.07) is 11.4. The Morgan fingerprint density at radius 1 is 0.862 bits per heavy atom. The Bertz CT molecular complexity index is 1060. The average molecular weight is 396 g/mol. The summed E-state index contributed by atoms with van der Waals surface area (Å²) >= 11 is 0. The van der Waals surface area contributed by atoms with Gasteiger partial charge in [-0.25, -0.2) is 4.98 Å². The Labute approximate surface area is 168 Å². The number of fused-ring (bicyclic) bond motifs is 1. The van der Waals surface area contributed by atoms with Crippen LogP contribution in [0.15, 0.2) is 41.2 Å². The molecular formula is C21H24N4O4. The SMILES string of the molecule is COc1ccc(N2CCN(c3nc4cc(OC)c(OC)cc4c(=O)[nH]3)CC2)cc1. The number of hydrogen-bond donors (Lipinski definition) is 1. The summed E-state index contributed by atoms with van der Waals surface area (Å²) in [6.45, 7) is 3.18. The van der Waals surface area contributed by atoms with Crippen LogP contribution in [0.5, 0.6) is 17.2 Å². The fraction of sp³-hybridized carbons (Fsp3) is 0.333. The summed E-state index contributed by atoms with van der Waals surface area (Å²) < 4.78 is 15.9. The molecule has 0 bridgehead atoms. The highest BCUT2D eigenvalue weighted by atomic mass is 16.5. The molecule has 1 aliphatic rings. The number of hydrogen-bond acceptors (Lipinski definition) is 7. The van der Waals surface area contributed by atoms with Crippen molar-refractivity contribution in [1.29, 1.82) is 0 Å². The minimum absolute atomic E-state index is 0.191. The molecule has 4 rings (SSSR count). The zero-order chi connectivity index (χ0) is 20.4. The van der Waals surface area contributed by atoms with Gasteiger partial charge in [-0.15, -0.1) is 0 Å². The maximum absolute atomic E-state index is 12.6. The van der Waals surface area contributed by atoms with Crippen molar-refractivity contribution in [3.63, 3.8) is 0 Å². The van der Waals surface area contributed by atoms with E-state index >= 15 is 0 Å². The molecule has 0 atom stereocenters. The van der Waals surface area contributed by atoms with Crippen molar-refractivity contribution in [2.45, 2.75) is 0 Å². The van der Waals surface area contributed by atoms with E-state index in [0.717, 1.165) is 37.6 Å². The number of anilines is 2. The van der Waals surface area contributed by atoms with Gasteiger partial charge in [-0.2, -0.15) is 0 Å². The fourth-order valence-electron chi connectivity index (χ4n) is 3.57. The van der Waals surface area contributed by atoms with E-state index in [0.29, 0.717) is 28.4 Å². The number of aromatic nitrogens is 2. The van der Waals surface area contributed by atoms with Gasteiger partial charge in [0.25, 0.3) is 5.56 Å². The number of benzene rings is 2. The molecule has 0 spiro atoms. The number of aromatic amines is 1. The molecule has 0 amide bonds. The lowest BCUT2D eigenvalue weighted by molar-refractivity contribution is 0.355. The van der Waals surface area contributed by atoms with Crippen molar-refractivity contribution >= 4 is 22.5 Å². The van der Waals surface area contributed by atoms with Gasteiger partial charge in [0.05, 0.1) is 32.2 Å². The third-order valence-electron chi connectivity index (χ3n) is 5.21. The molecule has 1 saturated heterocycles. The maximum atomic E-state index is 12.6. The maximum Gasteiger partial charge on any atom is 0.260 e. The number of piperazine rings is 1. The topological polar surface area (TPSA) is 79.9 Å². The average Bonchev–Trinajstić information content (AvgIpc) is 2.78. The van der Waals surface area contributed by atoms with Gasteiger partial charge in [-0.1, -0.05) is 0 Å². The van der Waals surface area contributed by atoms with Crippen LogP contribution in [0.25, 0.3) is 10.9 Å². The predicted octanol–water partition coefficient (Wildman–Crippen LogP) is 2.28. The summed E-state index contributed by atoms with van der Waals surface area (Å²) in [4.78, 5) is 24.6. The molecule has 1 N–H and O–H groups in total. The largest absolute Gasteiger partial charge is 0.497 e. The molecule has 8 heteroatoms. The Balaban J connectivity index is 1.55. The van der Waals surface area contributed by atoms with Gasteiger partial charge in [0.1, 0.15) is 5.75 Å². The highest BCUT2D eigenvalue weighted by molar-refractivity contribution is 5.82. The normalized spacial score (nSPS) is 14.2. The van der Waals surface area contributed by atoms with E-state index in [1.54, 1.807) is 33.5 Å². The molecule has 3 aromatic rings. The van der Waals surface area contributed by atoms with Gasteiger partial charge >= 0.3 is 0 Å². The summed E-state index contributed by atoms with van der Waals surface area (Å²) in [6.07, 6.45) is 0. The third kappa shape index (κ3) is 3.65. The molecule has 0 radical (unpaired) electrons. The van der Waals surface area contributed by atoms with Crippen LogP contribution in [0.1, 0.15) is 0 Å². The lowest BCUT2D eigenvalue weighted by atomic mass is 10.2. The van der Waals surface area contributed by atoms with Crippen molar-refractivity contribution in [2.24, 2.45) is 0 Å². The monoisotopic (exact) mass is 396 g/mol. The first-order valence-corrected chi connectivity index (χ1v) is 9.43. The summed E-state index contributed by atoms with van der Waals surface area (Å²) in [5, 5.41) is 0.475. The number of nitrogens with zero attached hydrogens (tertiary/aromatic N) is 3. The summed E-state index contributed by atoms with van der Waals surface area (Å²) in [5.74, 6) is 2.48. The molecule has 0 aliphatic carbocycles. The van der Waals surface area contributed by atoms with Crippen molar-refractivity contribution in [1.82, 2.24) is 9.97 Å². The number of H-pyrrole nitrogens is 1.